The molecule has 9 atom stereocenters. The van der Waals surface area contributed by atoms with Crippen LogP contribution < -0.4 is 15.0 Å². The molecule has 1 saturated carbocycles. The number of carbonyl (C=O) groups is 5. The van der Waals surface area contributed by atoms with Gasteiger partial charge in [0.2, 0.25) is 11.8 Å². The Bertz CT molecular complexity index is 3000. The topological polar surface area (TPSA) is 241 Å². The molecular formula is C63H89ClN8O14. The Morgan fingerprint density at radius 2 is 1.70 bits per heavy atom. The number of esters is 1. The molecule has 6 aliphatic rings. The van der Waals surface area contributed by atoms with Crippen molar-refractivity contribution in [1.82, 2.24) is 34.8 Å². The summed E-state index contributed by atoms with van der Waals surface area (Å²) in [5, 5.41) is 44.6. The van der Waals surface area contributed by atoms with Crippen LogP contribution in [-0.2, 0) is 62.4 Å². The number of halogens is 1. The lowest BCUT2D eigenvalue weighted by atomic mass is 9.83. The number of hydrazine groups is 2. The lowest BCUT2D eigenvalue weighted by Crippen LogP contribution is -2.63. The summed E-state index contributed by atoms with van der Waals surface area (Å²) < 4.78 is 38.2. The second kappa shape index (κ2) is 27.8. The van der Waals surface area contributed by atoms with Gasteiger partial charge in [0.1, 0.15) is 40.7 Å². The van der Waals surface area contributed by atoms with Crippen LogP contribution in [0.4, 0.5) is 10.5 Å². The zero-order valence-corrected chi connectivity index (χ0v) is 52.1. The molecule has 4 bridgehead atoms. The fraction of sp³-hybridized carbons (Fsp3) is 0.635. The second-order valence-corrected chi connectivity index (χ2v) is 24.9. The highest BCUT2D eigenvalue weighted by Crippen LogP contribution is 2.50. The fourth-order valence-corrected chi connectivity index (χ4v) is 14.0. The Morgan fingerprint density at radius 1 is 0.988 bits per heavy atom. The number of piperidine rings is 1. The number of para-hydroxylation sites is 1. The van der Waals surface area contributed by atoms with Crippen LogP contribution in [0.1, 0.15) is 115 Å². The van der Waals surface area contributed by atoms with E-state index >= 15 is 0 Å². The molecule has 9 rings (SSSR count). The lowest BCUT2D eigenvalue weighted by Gasteiger charge is -2.44. The number of carboxylic acid groups (broad SMARTS) is 1. The van der Waals surface area contributed by atoms with E-state index in [1.807, 2.05) is 16.8 Å². The Kier molecular flexibility index (Phi) is 20.9. The van der Waals surface area contributed by atoms with Crippen LogP contribution in [0, 0.1) is 11.8 Å². The Hall–Kier alpha value is -5.66. The Balaban J connectivity index is 0.923. The number of ether oxygens (including phenoxy) is 6. The average molecular weight is 1220 g/mol. The number of fused-ring (bicyclic) bond motifs is 8. The highest BCUT2D eigenvalue weighted by Gasteiger charge is 2.64. The third kappa shape index (κ3) is 14.2. The van der Waals surface area contributed by atoms with Crippen molar-refractivity contribution in [1.29, 1.82) is 0 Å². The standard InChI is InChI=1S/C63H89ClN8O14/c1-39-15-14-20-51(73)63(80)37-50(84-61(79)65-63)40(2)59-62(4,86-59)52(36-54(75)67(6)47-34-42(33-39)35-49(81-9)57(47)64)85-60(78)41(3)68(7)72(28-30-83-32-31-82-29-24-55(76)77)44-21-25-70(26-22-44)53(74)23-27-71-46-19-13-12-18-45(46)56-48(71)38-66(5)69(8)58(56)43-16-10-11-17-43/h12-15,18-20,34-35,40-41,43-44,50-52,58-59,73,80H,10-11,16-17,21-33,36-38H2,1-9H3,(H,65,79)(H,76,77)/b20-14+,39-15+/t40-,41-,50+,51-,52+,58?,59?,62+,63+/m1/s1. The number of aromatic nitrogens is 1. The number of alkyl carbamates (subject to hydrolysis) is 1. The van der Waals surface area contributed by atoms with Gasteiger partial charge in [-0.2, -0.15) is 0 Å². The number of rotatable bonds is 19. The number of carbonyl (C=O) groups excluding carboxylic acids is 4. The molecule has 23 heteroatoms. The minimum absolute atomic E-state index is 0.0567. The van der Waals surface area contributed by atoms with Crippen molar-refractivity contribution in [2.45, 2.75) is 165 Å². The first kappa shape index (κ1) is 64.8. The smallest absolute Gasteiger partial charge is 0.409 e. The number of aliphatic hydroxyl groups excluding tert-OH is 1. The molecule has 0 spiro atoms. The SMILES string of the molecule is COc1cc2cc(c1Cl)N(C)C(=O)C[C@H](OC(=O)[C@@H](C)N(C)N(CCOCCOCCC(=O)O)C1CCN(C(=O)CCn3c4c(c5ccccc53)C(C3CCCC3)N(C)N(C)C4)CC1)[C@]1(C)OC1[C@H](C)[C@@H]1C[C@@](O)(NC(=O)O1)[C@H](O)/C=C/C=C(\C)C2. The monoisotopic (exact) mass is 1220 g/mol. The molecule has 3 aromatic rings. The number of allylic oxidation sites excluding steroid dienone is 3. The van der Waals surface area contributed by atoms with Gasteiger partial charge in [0.15, 0.2) is 5.72 Å². The summed E-state index contributed by atoms with van der Waals surface area (Å²) in [5.74, 6) is -1.70. The van der Waals surface area contributed by atoms with Crippen LogP contribution in [-0.4, -0.2) is 204 Å². The van der Waals surface area contributed by atoms with Gasteiger partial charge in [0.25, 0.3) is 0 Å². The van der Waals surface area contributed by atoms with E-state index in [2.05, 4.69) is 63.3 Å². The number of hydrogen-bond acceptors (Lipinski definition) is 17. The number of likely N-dealkylation sites (N-methyl/N-ethyl adjacent to an activating group) is 1. The molecule has 5 aliphatic heterocycles. The van der Waals surface area contributed by atoms with E-state index < -0.39 is 71.6 Å². The van der Waals surface area contributed by atoms with E-state index in [-0.39, 0.29) is 68.7 Å². The third-order valence-corrected chi connectivity index (χ3v) is 19.3. The number of benzene rings is 2. The summed E-state index contributed by atoms with van der Waals surface area (Å²) in [6, 6.07) is 11.4. The molecule has 4 N–H and O–H groups in total. The number of epoxide rings is 1. The first-order chi connectivity index (χ1) is 41.0. The number of nitrogens with zero attached hydrogens (tertiary/aromatic N) is 7. The van der Waals surface area contributed by atoms with E-state index in [0.29, 0.717) is 69.2 Å². The van der Waals surface area contributed by atoms with Crippen molar-refractivity contribution in [2.24, 2.45) is 11.8 Å². The number of carboxylic acids is 1. The molecule has 2 unspecified atom stereocenters. The Labute approximate surface area is 509 Å². The molecular weight excluding hydrogens is 1130 g/mol. The van der Waals surface area contributed by atoms with Gasteiger partial charge in [-0.3, -0.25) is 24.5 Å². The maximum absolute atomic E-state index is 14.9. The maximum atomic E-state index is 14.9. The molecule has 4 fully saturated rings. The number of methoxy groups -OCH3 is 1. The molecule has 0 radical (unpaired) electrons. The summed E-state index contributed by atoms with van der Waals surface area (Å²) in [5.41, 5.74) is 2.42. The normalized spacial score (nSPS) is 28.6. The van der Waals surface area contributed by atoms with E-state index in [9.17, 15) is 34.2 Å². The van der Waals surface area contributed by atoms with Crippen molar-refractivity contribution < 1.29 is 67.7 Å². The van der Waals surface area contributed by atoms with Crippen molar-refractivity contribution in [3.8, 4) is 5.75 Å². The second-order valence-electron chi connectivity index (χ2n) is 24.6. The van der Waals surface area contributed by atoms with Gasteiger partial charge in [-0.05, 0) is 82.6 Å². The van der Waals surface area contributed by atoms with Crippen LogP contribution in [0.25, 0.3) is 10.9 Å². The fourth-order valence-electron chi connectivity index (χ4n) is 13.7. The summed E-state index contributed by atoms with van der Waals surface area (Å²) in [6.45, 7) is 10.5. The third-order valence-electron chi connectivity index (χ3n) is 19.0. The largest absolute Gasteiger partial charge is 0.495 e. The first-order valence-electron chi connectivity index (χ1n) is 30.5. The van der Waals surface area contributed by atoms with Gasteiger partial charge in [0, 0.05) is 101 Å². The molecule has 3 amide bonds. The highest BCUT2D eigenvalue weighted by atomic mass is 35.5. The predicted molar refractivity (Wildman–Crippen MR) is 322 cm³/mol. The Morgan fingerprint density at radius 3 is 2.41 bits per heavy atom. The highest BCUT2D eigenvalue weighted by molar-refractivity contribution is 6.35. The molecule has 472 valence electrons. The average Bonchev–Trinajstić information content (AvgIpc) is 1.60. The van der Waals surface area contributed by atoms with E-state index in [0.717, 1.165) is 23.2 Å². The van der Waals surface area contributed by atoms with E-state index in [1.54, 1.807) is 59.2 Å². The number of likely N-dealkylation sites (tertiary alicyclic amines) is 1. The number of amides is 3. The first-order valence-corrected chi connectivity index (χ1v) is 30.8. The van der Waals surface area contributed by atoms with Crippen molar-refractivity contribution >= 4 is 58.0 Å². The van der Waals surface area contributed by atoms with Crippen molar-refractivity contribution in [3.05, 3.63) is 82.0 Å². The zero-order valence-electron chi connectivity index (χ0n) is 51.4. The number of aryl methyl sites for hydroxylation is 1. The van der Waals surface area contributed by atoms with Crippen molar-refractivity contribution in [3.63, 3.8) is 0 Å². The van der Waals surface area contributed by atoms with Gasteiger partial charge in [-0.15, -0.1) is 0 Å². The van der Waals surface area contributed by atoms with Crippen LogP contribution in [0.15, 0.2) is 60.2 Å². The zero-order chi connectivity index (χ0) is 61.8. The van der Waals surface area contributed by atoms with Crippen LogP contribution in [0.5, 0.6) is 5.75 Å². The number of aliphatic hydroxyl groups is 2. The summed E-state index contributed by atoms with van der Waals surface area (Å²) in [7, 11) is 9.23. The number of anilines is 1. The maximum Gasteiger partial charge on any atom is 0.409 e. The minimum Gasteiger partial charge on any atom is -0.495 e. The van der Waals surface area contributed by atoms with Gasteiger partial charge < -0.3 is 58.1 Å². The van der Waals surface area contributed by atoms with Gasteiger partial charge in [-0.1, -0.05) is 73.4 Å². The molecule has 2 aromatic carbocycles. The van der Waals surface area contributed by atoms with Crippen LogP contribution in [0.3, 0.4) is 0 Å². The molecule has 1 aromatic heterocycles. The number of hydrogen-bond donors (Lipinski definition) is 4. The molecule has 6 heterocycles. The van der Waals surface area contributed by atoms with Crippen LogP contribution in [0.2, 0.25) is 5.02 Å². The summed E-state index contributed by atoms with van der Waals surface area (Å²) >= 11 is 6.92. The summed E-state index contributed by atoms with van der Waals surface area (Å²) in [6.07, 6.45) is 5.55. The number of nitrogens with one attached hydrogen (secondary N) is 1. The molecule has 86 heavy (non-hydrogen) atoms. The molecule has 3 saturated heterocycles. The predicted octanol–water partition coefficient (Wildman–Crippen LogP) is 6.62. The quantitative estimate of drug-likeness (QED) is 0.0427. The molecule has 1 aliphatic carbocycles. The molecule has 22 nitrogen and oxygen atoms in total. The van der Waals surface area contributed by atoms with E-state index in [4.69, 9.17) is 45.1 Å². The van der Waals surface area contributed by atoms with Gasteiger partial charge in [-0.25, -0.2) is 24.8 Å². The number of aliphatic carboxylic acids is 1. The van der Waals surface area contributed by atoms with Gasteiger partial charge in [0.05, 0.1) is 70.8 Å². The van der Waals surface area contributed by atoms with Crippen LogP contribution >= 0.6 is 11.6 Å². The van der Waals surface area contributed by atoms with E-state index in [1.165, 1.54) is 60.4 Å². The summed E-state index contributed by atoms with van der Waals surface area (Å²) in [4.78, 5) is 71.4. The van der Waals surface area contributed by atoms with Gasteiger partial charge >= 0.3 is 18.0 Å². The lowest BCUT2D eigenvalue weighted by molar-refractivity contribution is -0.170. The minimum atomic E-state index is -2.10. The van der Waals surface area contributed by atoms with Crippen molar-refractivity contribution in [2.75, 3.05) is 86.3 Å².